The van der Waals surface area contributed by atoms with Crippen molar-refractivity contribution in [2.75, 3.05) is 50.1 Å². The number of piperazine rings is 1. The summed E-state index contributed by atoms with van der Waals surface area (Å²) in [6.45, 7) is 3.13. The second-order valence-electron chi connectivity index (χ2n) is 6.37. The average molecular weight is 375 g/mol. The zero-order chi connectivity index (χ0) is 19.2. The number of hydrogen-bond acceptors (Lipinski definition) is 4. The summed E-state index contributed by atoms with van der Waals surface area (Å²) in [7, 11) is 1.64. The van der Waals surface area contributed by atoms with E-state index < -0.39 is 11.6 Å². The van der Waals surface area contributed by atoms with Crippen LogP contribution in [0.25, 0.3) is 0 Å². The van der Waals surface area contributed by atoms with Crippen molar-refractivity contribution in [1.29, 1.82) is 0 Å². The summed E-state index contributed by atoms with van der Waals surface area (Å²) in [6.07, 6.45) is 0.263. The monoisotopic (exact) mass is 375 g/mol. The number of carbonyl (C=O) groups excluding carboxylic acids is 1. The van der Waals surface area contributed by atoms with Crippen molar-refractivity contribution in [3.05, 3.63) is 54.1 Å². The third-order valence-electron chi connectivity index (χ3n) is 4.66. The summed E-state index contributed by atoms with van der Waals surface area (Å²) in [5.41, 5.74) is 1.31. The predicted molar refractivity (Wildman–Crippen MR) is 101 cm³/mol. The molecule has 3 rings (SSSR count). The van der Waals surface area contributed by atoms with Gasteiger partial charge in [-0.3, -0.25) is 4.79 Å². The van der Waals surface area contributed by atoms with Crippen LogP contribution in [0.2, 0.25) is 0 Å². The lowest BCUT2D eigenvalue weighted by molar-refractivity contribution is -0.131. The van der Waals surface area contributed by atoms with E-state index in [1.54, 1.807) is 7.11 Å². The molecule has 0 bridgehead atoms. The van der Waals surface area contributed by atoms with Gasteiger partial charge in [-0.15, -0.1) is 0 Å². The third-order valence-corrected chi connectivity index (χ3v) is 4.66. The molecule has 1 heterocycles. The molecule has 0 aromatic heterocycles. The van der Waals surface area contributed by atoms with Gasteiger partial charge in [-0.1, -0.05) is 0 Å². The number of amides is 1. The fourth-order valence-electron chi connectivity index (χ4n) is 3.10. The first-order valence-corrected chi connectivity index (χ1v) is 8.92. The lowest BCUT2D eigenvalue weighted by Gasteiger charge is -2.36. The molecule has 1 aliphatic rings. The second-order valence-corrected chi connectivity index (χ2v) is 6.37. The highest BCUT2D eigenvalue weighted by atomic mass is 19.1. The van der Waals surface area contributed by atoms with E-state index in [1.807, 2.05) is 29.2 Å². The Bertz CT molecular complexity index is 775. The SMILES string of the molecule is COc1ccc(N2CCN(C(=O)CCNc3ccc(F)cc3F)CC2)cc1. The highest BCUT2D eigenvalue weighted by Crippen LogP contribution is 2.21. The van der Waals surface area contributed by atoms with Crippen LogP contribution < -0.4 is 15.0 Å². The smallest absolute Gasteiger partial charge is 0.224 e. The molecule has 5 nitrogen and oxygen atoms in total. The van der Waals surface area contributed by atoms with Gasteiger partial charge in [-0.05, 0) is 36.4 Å². The quantitative estimate of drug-likeness (QED) is 0.843. The summed E-state index contributed by atoms with van der Waals surface area (Å²) < 4.78 is 31.6. The van der Waals surface area contributed by atoms with Crippen molar-refractivity contribution in [2.45, 2.75) is 6.42 Å². The molecule has 0 saturated carbocycles. The number of anilines is 2. The molecule has 1 N–H and O–H groups in total. The summed E-state index contributed by atoms with van der Waals surface area (Å²) in [5.74, 6) is -0.434. The number of nitrogens with one attached hydrogen (secondary N) is 1. The van der Waals surface area contributed by atoms with Crippen LogP contribution in [0.5, 0.6) is 5.75 Å². The van der Waals surface area contributed by atoms with E-state index in [4.69, 9.17) is 4.74 Å². The summed E-state index contributed by atoms with van der Waals surface area (Å²) in [5, 5.41) is 2.84. The first-order chi connectivity index (χ1) is 13.1. The van der Waals surface area contributed by atoms with Gasteiger partial charge in [0.1, 0.15) is 17.4 Å². The standard InChI is InChI=1S/C20H23F2N3O2/c1-27-17-5-3-16(4-6-17)24-10-12-25(13-11-24)20(26)8-9-23-19-7-2-15(21)14-18(19)22/h2-7,14,23H,8-13H2,1H3. The number of benzene rings is 2. The van der Waals surface area contributed by atoms with E-state index in [9.17, 15) is 13.6 Å². The molecule has 2 aromatic rings. The Kier molecular flexibility index (Phi) is 6.11. The van der Waals surface area contributed by atoms with E-state index in [2.05, 4.69) is 10.2 Å². The minimum Gasteiger partial charge on any atom is -0.497 e. The second kappa shape index (κ2) is 8.70. The largest absolute Gasteiger partial charge is 0.497 e. The van der Waals surface area contributed by atoms with Crippen LogP contribution in [-0.4, -0.2) is 50.6 Å². The van der Waals surface area contributed by atoms with Crippen molar-refractivity contribution in [3.63, 3.8) is 0 Å². The molecular weight excluding hydrogens is 352 g/mol. The molecule has 1 fully saturated rings. The fraction of sp³-hybridized carbons (Fsp3) is 0.350. The maximum Gasteiger partial charge on any atom is 0.224 e. The van der Waals surface area contributed by atoms with Gasteiger partial charge in [-0.25, -0.2) is 8.78 Å². The van der Waals surface area contributed by atoms with Gasteiger partial charge in [-0.2, -0.15) is 0 Å². The Morgan fingerprint density at radius 3 is 2.41 bits per heavy atom. The average Bonchev–Trinajstić information content (AvgIpc) is 2.70. The van der Waals surface area contributed by atoms with Crippen LogP contribution in [0.1, 0.15) is 6.42 Å². The number of rotatable bonds is 6. The van der Waals surface area contributed by atoms with E-state index in [1.165, 1.54) is 12.1 Å². The number of ether oxygens (including phenoxy) is 1. The molecule has 0 unspecified atom stereocenters. The van der Waals surface area contributed by atoms with Crippen LogP contribution in [0, 0.1) is 11.6 Å². The predicted octanol–water partition coefficient (Wildman–Crippen LogP) is 3.12. The number of hydrogen-bond donors (Lipinski definition) is 1. The molecule has 7 heteroatoms. The van der Waals surface area contributed by atoms with Gasteiger partial charge in [0.15, 0.2) is 0 Å². The van der Waals surface area contributed by atoms with E-state index in [0.29, 0.717) is 19.6 Å². The van der Waals surface area contributed by atoms with E-state index >= 15 is 0 Å². The van der Waals surface area contributed by atoms with Crippen LogP contribution in [-0.2, 0) is 4.79 Å². The molecule has 0 atom stereocenters. The first kappa shape index (κ1) is 18.9. The maximum atomic E-state index is 13.6. The Balaban J connectivity index is 1.44. The topological polar surface area (TPSA) is 44.8 Å². The molecule has 144 valence electrons. The minimum atomic E-state index is -0.657. The van der Waals surface area contributed by atoms with Gasteiger partial charge in [0.25, 0.3) is 0 Å². The molecule has 1 saturated heterocycles. The van der Waals surface area contributed by atoms with Gasteiger partial charge in [0.05, 0.1) is 12.8 Å². The molecule has 2 aromatic carbocycles. The summed E-state index contributed by atoms with van der Waals surface area (Å²) in [6, 6.07) is 11.2. The van der Waals surface area contributed by atoms with Crippen molar-refractivity contribution in [2.24, 2.45) is 0 Å². The normalized spacial score (nSPS) is 14.2. The number of halogens is 2. The molecular formula is C20H23F2N3O2. The Hall–Kier alpha value is -2.83. The van der Waals surface area contributed by atoms with Crippen molar-refractivity contribution in [1.82, 2.24) is 4.90 Å². The lowest BCUT2D eigenvalue weighted by Crippen LogP contribution is -2.49. The third kappa shape index (κ3) is 4.87. The molecule has 1 aliphatic heterocycles. The van der Waals surface area contributed by atoms with Crippen molar-refractivity contribution in [3.8, 4) is 5.75 Å². The van der Waals surface area contributed by atoms with Crippen LogP contribution >= 0.6 is 0 Å². The Labute approximate surface area is 157 Å². The Morgan fingerprint density at radius 1 is 1.07 bits per heavy atom. The van der Waals surface area contributed by atoms with E-state index in [0.717, 1.165) is 30.6 Å². The number of nitrogens with zero attached hydrogens (tertiary/aromatic N) is 2. The molecule has 27 heavy (non-hydrogen) atoms. The number of carbonyl (C=O) groups is 1. The zero-order valence-electron chi connectivity index (χ0n) is 15.3. The Morgan fingerprint density at radius 2 is 1.78 bits per heavy atom. The lowest BCUT2D eigenvalue weighted by atomic mass is 10.2. The van der Waals surface area contributed by atoms with Gasteiger partial charge < -0.3 is 19.9 Å². The minimum absolute atomic E-state index is 0.0272. The zero-order valence-corrected chi connectivity index (χ0v) is 15.3. The molecule has 1 amide bonds. The highest BCUT2D eigenvalue weighted by Gasteiger charge is 2.21. The summed E-state index contributed by atoms with van der Waals surface area (Å²) in [4.78, 5) is 16.4. The van der Waals surface area contributed by atoms with Gasteiger partial charge in [0, 0.05) is 50.9 Å². The van der Waals surface area contributed by atoms with Crippen LogP contribution in [0.15, 0.2) is 42.5 Å². The summed E-state index contributed by atoms with van der Waals surface area (Å²) >= 11 is 0. The molecule has 0 aliphatic carbocycles. The number of methoxy groups -OCH3 is 1. The molecule has 0 spiro atoms. The van der Waals surface area contributed by atoms with E-state index in [-0.39, 0.29) is 18.0 Å². The van der Waals surface area contributed by atoms with Crippen LogP contribution in [0.3, 0.4) is 0 Å². The van der Waals surface area contributed by atoms with Gasteiger partial charge >= 0.3 is 0 Å². The first-order valence-electron chi connectivity index (χ1n) is 8.92. The maximum absolute atomic E-state index is 13.6. The van der Waals surface area contributed by atoms with Gasteiger partial charge in [0.2, 0.25) is 5.91 Å². The van der Waals surface area contributed by atoms with Crippen molar-refractivity contribution < 1.29 is 18.3 Å². The molecule has 0 radical (unpaired) electrons. The van der Waals surface area contributed by atoms with Crippen LogP contribution in [0.4, 0.5) is 20.2 Å². The fourth-order valence-corrected chi connectivity index (χ4v) is 3.10. The highest BCUT2D eigenvalue weighted by molar-refractivity contribution is 5.77. The van der Waals surface area contributed by atoms with Crippen molar-refractivity contribution >= 4 is 17.3 Å².